The van der Waals surface area contributed by atoms with Gasteiger partial charge in [0.15, 0.2) is 0 Å². The molecule has 212 valence electrons. The number of rotatable bonds is 13. The molecule has 0 spiro atoms. The number of carbonyl (C=O) groups excluding carboxylic acids is 3. The van der Waals surface area contributed by atoms with Gasteiger partial charge < -0.3 is 25.4 Å². The third-order valence-electron chi connectivity index (χ3n) is 7.12. The molecule has 2 aromatic rings. The lowest BCUT2D eigenvalue weighted by Crippen LogP contribution is -2.51. The lowest BCUT2D eigenvalue weighted by molar-refractivity contribution is -0.131. The van der Waals surface area contributed by atoms with E-state index in [4.69, 9.17) is 16.3 Å². The number of halogens is 1. The van der Waals surface area contributed by atoms with Gasteiger partial charge in [0, 0.05) is 25.0 Å². The minimum absolute atomic E-state index is 0.0298. The zero-order chi connectivity index (χ0) is 28.0. The average molecular weight is 558 g/mol. The van der Waals surface area contributed by atoms with E-state index in [0.29, 0.717) is 23.9 Å². The van der Waals surface area contributed by atoms with Gasteiger partial charge in [0.05, 0.1) is 12.6 Å². The molecule has 8 nitrogen and oxygen atoms in total. The van der Waals surface area contributed by atoms with Gasteiger partial charge in [-0.05, 0) is 42.0 Å². The number of nitrogens with one attached hydrogen (secondary N) is 2. The molecule has 1 saturated carbocycles. The second-order valence-corrected chi connectivity index (χ2v) is 10.7. The van der Waals surface area contributed by atoms with Crippen molar-refractivity contribution in [3.05, 3.63) is 70.7 Å². The molecule has 2 aromatic carbocycles. The quantitative estimate of drug-likeness (QED) is 0.327. The average Bonchev–Trinajstić information content (AvgIpc) is 2.94. The van der Waals surface area contributed by atoms with Crippen LogP contribution in [0.3, 0.4) is 0 Å². The molecule has 3 N–H and O–H groups in total. The second-order valence-electron chi connectivity index (χ2n) is 10.3. The molecule has 39 heavy (non-hydrogen) atoms. The fourth-order valence-corrected chi connectivity index (χ4v) is 5.11. The molecule has 1 fully saturated rings. The summed E-state index contributed by atoms with van der Waals surface area (Å²) in [7, 11) is 1.74. The Balaban J connectivity index is 1.53. The first kappa shape index (κ1) is 30.4. The highest BCUT2D eigenvalue weighted by atomic mass is 35.5. The fourth-order valence-electron chi connectivity index (χ4n) is 4.89. The summed E-state index contributed by atoms with van der Waals surface area (Å²) in [5.41, 5.74) is 1.77. The summed E-state index contributed by atoms with van der Waals surface area (Å²) >= 11 is 6.00. The van der Waals surface area contributed by atoms with Crippen molar-refractivity contribution in [1.82, 2.24) is 15.5 Å². The van der Waals surface area contributed by atoms with Gasteiger partial charge in [-0.25, -0.2) is 4.79 Å². The lowest BCUT2D eigenvalue weighted by atomic mass is 9.84. The Kier molecular flexibility index (Phi) is 12.6. The van der Waals surface area contributed by atoms with E-state index in [-0.39, 0.29) is 37.9 Å². The number of aliphatic hydroxyl groups is 1. The number of alkyl carbamates (subject to hydrolysis) is 1. The van der Waals surface area contributed by atoms with Gasteiger partial charge in [-0.15, -0.1) is 0 Å². The maximum atomic E-state index is 13.3. The molecule has 0 heterocycles. The molecule has 0 aliphatic heterocycles. The van der Waals surface area contributed by atoms with Crippen LogP contribution in [0.4, 0.5) is 4.79 Å². The van der Waals surface area contributed by atoms with Crippen molar-refractivity contribution in [2.24, 2.45) is 5.92 Å². The number of hydrogen-bond acceptors (Lipinski definition) is 5. The van der Waals surface area contributed by atoms with Crippen LogP contribution < -0.4 is 10.6 Å². The highest BCUT2D eigenvalue weighted by Gasteiger charge is 2.28. The number of nitrogens with zero attached hydrogens (tertiary/aromatic N) is 1. The number of amides is 3. The Morgan fingerprint density at radius 1 is 1.03 bits per heavy atom. The summed E-state index contributed by atoms with van der Waals surface area (Å²) in [6, 6.07) is 15.3. The van der Waals surface area contributed by atoms with Crippen LogP contribution in [0.2, 0.25) is 5.02 Å². The van der Waals surface area contributed by atoms with Crippen molar-refractivity contribution in [3.63, 3.8) is 0 Å². The zero-order valence-corrected chi connectivity index (χ0v) is 23.4. The first-order chi connectivity index (χ1) is 18.8. The highest BCUT2D eigenvalue weighted by molar-refractivity contribution is 6.30. The molecular weight excluding hydrogens is 518 g/mol. The molecule has 0 saturated heterocycles. The third-order valence-corrected chi connectivity index (χ3v) is 7.36. The Hall–Kier alpha value is -3.10. The van der Waals surface area contributed by atoms with Crippen LogP contribution >= 0.6 is 11.6 Å². The van der Waals surface area contributed by atoms with Gasteiger partial charge in [-0.1, -0.05) is 86.2 Å². The minimum atomic E-state index is -0.800. The summed E-state index contributed by atoms with van der Waals surface area (Å²) in [6.07, 6.45) is 5.68. The summed E-state index contributed by atoms with van der Waals surface area (Å²) in [6.45, 7) is 0.208. The number of aliphatic hydroxyl groups excluding tert-OH is 1. The van der Waals surface area contributed by atoms with Crippen LogP contribution in [-0.4, -0.2) is 53.7 Å². The Labute approximate surface area is 236 Å². The normalized spacial score (nSPS) is 15.2. The number of ether oxygens (including phenoxy) is 1. The van der Waals surface area contributed by atoms with Crippen molar-refractivity contribution in [2.45, 2.75) is 76.6 Å². The molecule has 0 bridgehead atoms. The summed E-state index contributed by atoms with van der Waals surface area (Å²) in [5.74, 6) is -0.138. The number of hydrogen-bond donors (Lipinski definition) is 3. The topological polar surface area (TPSA) is 108 Å². The lowest BCUT2D eigenvalue weighted by Gasteiger charge is -2.28. The van der Waals surface area contributed by atoms with Gasteiger partial charge in [0.1, 0.15) is 12.6 Å². The molecule has 0 radical (unpaired) electrons. The van der Waals surface area contributed by atoms with E-state index < -0.39 is 18.2 Å². The predicted molar refractivity (Wildman–Crippen MR) is 151 cm³/mol. The smallest absolute Gasteiger partial charge is 0.408 e. The predicted octanol–water partition coefficient (Wildman–Crippen LogP) is 4.82. The first-order valence-corrected chi connectivity index (χ1v) is 14.1. The standard InChI is InChI=1S/C30H40ClN3O5/c1-34(19-23-11-6-3-7-12-23)28(36)16-15-26(20-35)32-29(37)27(18-22-9-4-2-5-10-22)33-30(38)39-21-24-13-8-14-25(31)17-24/h3,6-8,11-14,17,22,26-27,35H,2,4-5,9-10,15-16,18-21H2,1H3,(H,32,37)(H,33,38). The Morgan fingerprint density at radius 2 is 1.74 bits per heavy atom. The maximum Gasteiger partial charge on any atom is 0.408 e. The molecule has 3 amide bonds. The Bertz CT molecular complexity index is 1060. The third kappa shape index (κ3) is 10.9. The summed E-state index contributed by atoms with van der Waals surface area (Å²) < 4.78 is 5.35. The van der Waals surface area contributed by atoms with Crippen molar-refractivity contribution >= 4 is 29.5 Å². The molecule has 0 aromatic heterocycles. The van der Waals surface area contributed by atoms with E-state index in [9.17, 15) is 19.5 Å². The molecule has 1 aliphatic rings. The summed E-state index contributed by atoms with van der Waals surface area (Å²) in [4.78, 5) is 40.2. The number of benzene rings is 2. The van der Waals surface area contributed by atoms with Crippen LogP contribution in [0.5, 0.6) is 0 Å². The van der Waals surface area contributed by atoms with Crippen LogP contribution in [0, 0.1) is 5.92 Å². The van der Waals surface area contributed by atoms with E-state index >= 15 is 0 Å². The molecule has 9 heteroatoms. The largest absolute Gasteiger partial charge is 0.445 e. The van der Waals surface area contributed by atoms with E-state index in [0.717, 1.165) is 36.8 Å². The van der Waals surface area contributed by atoms with Crippen molar-refractivity contribution in [2.75, 3.05) is 13.7 Å². The van der Waals surface area contributed by atoms with Gasteiger partial charge in [0.2, 0.25) is 11.8 Å². The van der Waals surface area contributed by atoms with E-state index in [1.165, 1.54) is 6.42 Å². The van der Waals surface area contributed by atoms with Gasteiger partial charge in [-0.2, -0.15) is 0 Å². The highest BCUT2D eigenvalue weighted by Crippen LogP contribution is 2.27. The minimum Gasteiger partial charge on any atom is -0.445 e. The molecule has 3 rings (SSSR count). The van der Waals surface area contributed by atoms with Crippen LogP contribution in [-0.2, 0) is 27.5 Å². The van der Waals surface area contributed by atoms with Gasteiger partial charge in [-0.3, -0.25) is 9.59 Å². The van der Waals surface area contributed by atoms with Crippen LogP contribution in [0.25, 0.3) is 0 Å². The van der Waals surface area contributed by atoms with Gasteiger partial charge in [0.25, 0.3) is 0 Å². The molecule has 1 aliphatic carbocycles. The maximum absolute atomic E-state index is 13.3. The van der Waals surface area contributed by atoms with Crippen LogP contribution in [0.15, 0.2) is 54.6 Å². The second kappa shape index (κ2) is 16.1. The monoisotopic (exact) mass is 557 g/mol. The van der Waals surface area contributed by atoms with E-state index in [1.54, 1.807) is 36.2 Å². The SMILES string of the molecule is CN(Cc1ccccc1)C(=O)CCC(CO)NC(=O)C(CC1CCCCC1)NC(=O)OCc1cccc(Cl)c1. The van der Waals surface area contributed by atoms with Crippen molar-refractivity contribution < 1.29 is 24.2 Å². The summed E-state index contributed by atoms with van der Waals surface area (Å²) in [5, 5.41) is 16.0. The number of carbonyl (C=O) groups is 3. The van der Waals surface area contributed by atoms with Crippen molar-refractivity contribution in [1.29, 1.82) is 0 Å². The van der Waals surface area contributed by atoms with Gasteiger partial charge >= 0.3 is 6.09 Å². The zero-order valence-electron chi connectivity index (χ0n) is 22.6. The fraction of sp³-hybridized carbons (Fsp3) is 0.500. The van der Waals surface area contributed by atoms with E-state index in [1.807, 2.05) is 30.3 Å². The molecular formula is C30H40ClN3O5. The van der Waals surface area contributed by atoms with E-state index in [2.05, 4.69) is 10.6 Å². The first-order valence-electron chi connectivity index (χ1n) is 13.7. The van der Waals surface area contributed by atoms with Crippen LogP contribution in [0.1, 0.15) is 62.5 Å². The molecule has 2 atom stereocenters. The molecule has 2 unspecified atom stereocenters. The Morgan fingerprint density at radius 3 is 2.44 bits per heavy atom. The van der Waals surface area contributed by atoms with Crippen molar-refractivity contribution in [3.8, 4) is 0 Å².